The SMILES string of the molecule is CN(C)C(=O)c1cccc(N2Cc3cn(CC4CCCCC4)nc3C2)c1. The van der Waals surface area contributed by atoms with Gasteiger partial charge in [0.05, 0.1) is 12.2 Å². The summed E-state index contributed by atoms with van der Waals surface area (Å²) in [6.07, 6.45) is 9.09. The Morgan fingerprint density at radius 1 is 1.19 bits per heavy atom. The lowest BCUT2D eigenvalue weighted by Crippen LogP contribution is -2.22. The molecule has 0 N–H and O–H groups in total. The molecule has 2 aromatic rings. The van der Waals surface area contributed by atoms with Crippen molar-refractivity contribution in [3.05, 3.63) is 47.3 Å². The standard InChI is InChI=1S/C21H28N4O/c1-23(2)21(26)17-9-6-10-19(11-17)24-13-18-14-25(22-20(18)15-24)12-16-7-4-3-5-8-16/h6,9-11,14,16H,3-5,7-8,12-13,15H2,1-2H3. The summed E-state index contributed by atoms with van der Waals surface area (Å²) in [6.45, 7) is 2.77. The summed E-state index contributed by atoms with van der Waals surface area (Å²) in [5.74, 6) is 0.843. The second kappa shape index (κ2) is 7.14. The molecule has 4 rings (SSSR count). The van der Waals surface area contributed by atoms with E-state index in [9.17, 15) is 4.79 Å². The van der Waals surface area contributed by atoms with Crippen molar-refractivity contribution < 1.29 is 4.79 Å². The topological polar surface area (TPSA) is 41.4 Å². The van der Waals surface area contributed by atoms with Crippen LogP contribution in [0.2, 0.25) is 0 Å². The largest absolute Gasteiger partial charge is 0.361 e. The highest BCUT2D eigenvalue weighted by atomic mass is 16.2. The maximum atomic E-state index is 12.2. The number of carbonyl (C=O) groups excluding carboxylic acids is 1. The van der Waals surface area contributed by atoms with Gasteiger partial charge in [-0.2, -0.15) is 5.10 Å². The molecule has 5 nitrogen and oxygen atoms in total. The van der Waals surface area contributed by atoms with Gasteiger partial charge in [-0.1, -0.05) is 25.3 Å². The molecule has 1 aliphatic carbocycles. The smallest absolute Gasteiger partial charge is 0.253 e. The van der Waals surface area contributed by atoms with Gasteiger partial charge in [-0.25, -0.2) is 0 Å². The number of aromatic nitrogens is 2. The zero-order valence-electron chi connectivity index (χ0n) is 15.8. The summed E-state index contributed by atoms with van der Waals surface area (Å²) < 4.78 is 2.17. The van der Waals surface area contributed by atoms with Crippen molar-refractivity contribution in [1.82, 2.24) is 14.7 Å². The molecule has 1 fully saturated rings. The molecule has 1 aromatic carbocycles. The van der Waals surface area contributed by atoms with Crippen LogP contribution in [0.15, 0.2) is 30.5 Å². The van der Waals surface area contributed by atoms with Crippen LogP contribution >= 0.6 is 0 Å². The van der Waals surface area contributed by atoms with E-state index in [0.29, 0.717) is 0 Å². The van der Waals surface area contributed by atoms with Crippen molar-refractivity contribution in [2.75, 3.05) is 19.0 Å². The minimum absolute atomic E-state index is 0.0430. The number of hydrogen-bond donors (Lipinski definition) is 0. The van der Waals surface area contributed by atoms with Gasteiger partial charge in [-0.05, 0) is 37.0 Å². The Bertz CT molecular complexity index is 766. The average Bonchev–Trinajstić information content (AvgIpc) is 3.20. The van der Waals surface area contributed by atoms with E-state index in [4.69, 9.17) is 5.10 Å². The summed E-state index contributed by atoms with van der Waals surface area (Å²) in [4.78, 5) is 16.1. The van der Waals surface area contributed by atoms with Crippen molar-refractivity contribution in [3.8, 4) is 0 Å². The Balaban J connectivity index is 1.43. The molecule has 1 amide bonds. The lowest BCUT2D eigenvalue weighted by molar-refractivity contribution is 0.0827. The highest BCUT2D eigenvalue weighted by molar-refractivity contribution is 5.94. The molecule has 0 radical (unpaired) electrons. The van der Waals surface area contributed by atoms with Gasteiger partial charge in [0.25, 0.3) is 5.91 Å². The number of carbonyl (C=O) groups is 1. The van der Waals surface area contributed by atoms with Gasteiger partial charge in [0, 0.05) is 50.2 Å². The Morgan fingerprint density at radius 3 is 2.73 bits per heavy atom. The van der Waals surface area contributed by atoms with E-state index >= 15 is 0 Å². The fraction of sp³-hybridized carbons (Fsp3) is 0.524. The van der Waals surface area contributed by atoms with Crippen LogP contribution in [0.5, 0.6) is 0 Å². The molecule has 2 aliphatic rings. The van der Waals surface area contributed by atoms with Crippen LogP contribution in [0.1, 0.15) is 53.7 Å². The Labute approximate surface area is 155 Å². The van der Waals surface area contributed by atoms with E-state index in [1.165, 1.54) is 43.4 Å². The molecule has 0 bridgehead atoms. The number of hydrogen-bond acceptors (Lipinski definition) is 3. The number of amides is 1. The average molecular weight is 352 g/mol. The summed E-state index contributed by atoms with van der Waals surface area (Å²) in [7, 11) is 3.57. The number of anilines is 1. The fourth-order valence-electron chi connectivity index (χ4n) is 4.21. The second-order valence-electron chi connectivity index (χ2n) is 7.93. The van der Waals surface area contributed by atoms with E-state index in [-0.39, 0.29) is 5.91 Å². The lowest BCUT2D eigenvalue weighted by Gasteiger charge is -2.22. The Kier molecular flexibility index (Phi) is 4.70. The van der Waals surface area contributed by atoms with Crippen molar-refractivity contribution >= 4 is 11.6 Å². The van der Waals surface area contributed by atoms with Crippen molar-refractivity contribution in [2.24, 2.45) is 5.92 Å². The summed E-state index contributed by atoms with van der Waals surface area (Å²) in [5, 5.41) is 4.85. The van der Waals surface area contributed by atoms with Gasteiger partial charge in [0.1, 0.15) is 0 Å². The van der Waals surface area contributed by atoms with E-state index in [2.05, 4.69) is 21.8 Å². The van der Waals surface area contributed by atoms with Gasteiger partial charge in [0.2, 0.25) is 0 Å². The predicted octanol–water partition coefficient (Wildman–Crippen LogP) is 3.69. The molecule has 26 heavy (non-hydrogen) atoms. The third-order valence-corrected chi connectivity index (χ3v) is 5.66. The normalized spacial score (nSPS) is 17.4. The predicted molar refractivity (Wildman–Crippen MR) is 103 cm³/mol. The Morgan fingerprint density at radius 2 is 2.00 bits per heavy atom. The lowest BCUT2D eigenvalue weighted by atomic mass is 9.89. The van der Waals surface area contributed by atoms with Gasteiger partial charge in [0.15, 0.2) is 0 Å². The van der Waals surface area contributed by atoms with Gasteiger partial charge in [-0.3, -0.25) is 9.48 Å². The van der Waals surface area contributed by atoms with Crippen LogP contribution in [-0.2, 0) is 19.6 Å². The number of rotatable bonds is 4. The summed E-state index contributed by atoms with van der Waals surface area (Å²) >= 11 is 0. The van der Waals surface area contributed by atoms with E-state index in [1.54, 1.807) is 19.0 Å². The number of benzene rings is 1. The highest BCUT2D eigenvalue weighted by Gasteiger charge is 2.24. The molecule has 138 valence electrons. The molecule has 0 unspecified atom stereocenters. The first kappa shape index (κ1) is 17.1. The monoisotopic (exact) mass is 352 g/mol. The molecule has 2 heterocycles. The quantitative estimate of drug-likeness (QED) is 0.843. The molecule has 5 heteroatoms. The van der Waals surface area contributed by atoms with Crippen LogP contribution in [0, 0.1) is 5.92 Å². The van der Waals surface area contributed by atoms with Crippen LogP contribution < -0.4 is 4.90 Å². The van der Waals surface area contributed by atoms with Crippen molar-refractivity contribution in [2.45, 2.75) is 51.7 Å². The van der Waals surface area contributed by atoms with Crippen LogP contribution in [-0.4, -0.2) is 34.7 Å². The zero-order valence-corrected chi connectivity index (χ0v) is 15.8. The number of fused-ring (bicyclic) bond motifs is 1. The van der Waals surface area contributed by atoms with Crippen LogP contribution in [0.25, 0.3) is 0 Å². The van der Waals surface area contributed by atoms with Gasteiger partial charge >= 0.3 is 0 Å². The molecule has 0 spiro atoms. The zero-order chi connectivity index (χ0) is 18.1. The van der Waals surface area contributed by atoms with E-state index < -0.39 is 0 Å². The molecular weight excluding hydrogens is 324 g/mol. The van der Waals surface area contributed by atoms with E-state index in [0.717, 1.165) is 36.8 Å². The van der Waals surface area contributed by atoms with E-state index in [1.807, 2.05) is 18.2 Å². The van der Waals surface area contributed by atoms with Crippen LogP contribution in [0.3, 0.4) is 0 Å². The third-order valence-electron chi connectivity index (χ3n) is 5.66. The maximum absolute atomic E-state index is 12.2. The fourth-order valence-corrected chi connectivity index (χ4v) is 4.21. The summed E-state index contributed by atoms with van der Waals surface area (Å²) in [6, 6.07) is 7.91. The maximum Gasteiger partial charge on any atom is 0.253 e. The second-order valence-corrected chi connectivity index (χ2v) is 7.93. The molecule has 0 atom stereocenters. The first-order chi connectivity index (χ1) is 12.6. The minimum Gasteiger partial charge on any atom is -0.361 e. The molecule has 1 aromatic heterocycles. The molecular formula is C21H28N4O. The van der Waals surface area contributed by atoms with Crippen LogP contribution in [0.4, 0.5) is 5.69 Å². The summed E-state index contributed by atoms with van der Waals surface area (Å²) in [5.41, 5.74) is 4.34. The van der Waals surface area contributed by atoms with Crippen molar-refractivity contribution in [1.29, 1.82) is 0 Å². The van der Waals surface area contributed by atoms with Gasteiger partial charge in [-0.15, -0.1) is 0 Å². The minimum atomic E-state index is 0.0430. The molecule has 0 saturated heterocycles. The molecule has 1 saturated carbocycles. The van der Waals surface area contributed by atoms with Crippen molar-refractivity contribution in [3.63, 3.8) is 0 Å². The van der Waals surface area contributed by atoms with Gasteiger partial charge < -0.3 is 9.80 Å². The molecule has 1 aliphatic heterocycles. The first-order valence-electron chi connectivity index (χ1n) is 9.72. The third kappa shape index (κ3) is 3.48. The number of nitrogens with zero attached hydrogens (tertiary/aromatic N) is 4. The first-order valence-corrected chi connectivity index (χ1v) is 9.72. The highest BCUT2D eigenvalue weighted by Crippen LogP contribution is 2.30. The Hall–Kier alpha value is -2.30.